The summed E-state index contributed by atoms with van der Waals surface area (Å²) in [5.41, 5.74) is 3.38. The average molecular weight is 245 g/mol. The van der Waals surface area contributed by atoms with E-state index in [0.29, 0.717) is 0 Å². The molecule has 1 aromatic heterocycles. The van der Waals surface area contributed by atoms with Crippen LogP contribution >= 0.6 is 11.3 Å². The Hall–Kier alpha value is -1.61. The monoisotopic (exact) mass is 245 g/mol. The summed E-state index contributed by atoms with van der Waals surface area (Å²) in [6.07, 6.45) is 0. The highest BCUT2D eigenvalue weighted by Gasteiger charge is 2.14. The third kappa shape index (κ3) is 2.39. The second-order valence-corrected chi connectivity index (χ2v) is 5.06. The van der Waals surface area contributed by atoms with E-state index in [9.17, 15) is 4.79 Å². The Bertz CT molecular complexity index is 531. The zero-order valence-electron chi connectivity index (χ0n) is 10.2. The van der Waals surface area contributed by atoms with E-state index in [4.69, 9.17) is 0 Å². The summed E-state index contributed by atoms with van der Waals surface area (Å²) in [6.45, 7) is 4.13. The number of rotatable bonds is 2. The molecule has 0 unspecified atom stereocenters. The fourth-order valence-electron chi connectivity index (χ4n) is 1.62. The molecule has 0 fully saturated rings. The number of aryl methyl sites for hydroxylation is 2. The summed E-state index contributed by atoms with van der Waals surface area (Å²) >= 11 is 1.47. The smallest absolute Gasteiger partial charge is 0.268 e. The molecule has 2 aromatic rings. The molecule has 17 heavy (non-hydrogen) atoms. The molecule has 3 heteroatoms. The Morgan fingerprint density at radius 3 is 2.53 bits per heavy atom. The molecule has 2 rings (SSSR count). The predicted octanol–water partition coefficient (Wildman–Crippen LogP) is 3.64. The maximum Gasteiger partial charge on any atom is 0.268 e. The van der Waals surface area contributed by atoms with Gasteiger partial charge in [0.25, 0.3) is 5.91 Å². The van der Waals surface area contributed by atoms with Crippen molar-refractivity contribution < 1.29 is 4.79 Å². The van der Waals surface area contributed by atoms with Gasteiger partial charge in [-0.15, -0.1) is 11.3 Å². The van der Waals surface area contributed by atoms with Crippen molar-refractivity contribution in [2.75, 3.05) is 11.9 Å². The van der Waals surface area contributed by atoms with Crippen LogP contribution in [0.3, 0.4) is 0 Å². The summed E-state index contributed by atoms with van der Waals surface area (Å²) in [6, 6.07) is 9.81. The van der Waals surface area contributed by atoms with Gasteiger partial charge in [-0.05, 0) is 48.6 Å². The van der Waals surface area contributed by atoms with Gasteiger partial charge in [-0.1, -0.05) is 12.1 Å². The van der Waals surface area contributed by atoms with E-state index in [1.54, 1.807) is 4.90 Å². The van der Waals surface area contributed by atoms with Gasteiger partial charge in [0.05, 0.1) is 4.88 Å². The predicted molar refractivity (Wildman–Crippen MR) is 73.0 cm³/mol. The lowest BCUT2D eigenvalue weighted by molar-refractivity contribution is 0.0997. The summed E-state index contributed by atoms with van der Waals surface area (Å²) < 4.78 is 0. The van der Waals surface area contributed by atoms with E-state index in [2.05, 4.69) is 13.8 Å². The maximum absolute atomic E-state index is 12.1. The van der Waals surface area contributed by atoms with Gasteiger partial charge in [-0.25, -0.2) is 0 Å². The Morgan fingerprint density at radius 1 is 1.18 bits per heavy atom. The van der Waals surface area contributed by atoms with Crippen molar-refractivity contribution in [2.45, 2.75) is 13.8 Å². The van der Waals surface area contributed by atoms with Crippen LogP contribution in [0.25, 0.3) is 0 Å². The van der Waals surface area contributed by atoms with Crippen molar-refractivity contribution >= 4 is 22.9 Å². The van der Waals surface area contributed by atoms with Crippen LogP contribution < -0.4 is 4.90 Å². The lowest BCUT2D eigenvalue weighted by atomic mass is 10.1. The van der Waals surface area contributed by atoms with Gasteiger partial charge in [0.2, 0.25) is 0 Å². The quantitative estimate of drug-likeness (QED) is 0.791. The average Bonchev–Trinajstić information content (AvgIpc) is 2.84. The number of carbonyl (C=O) groups excluding carboxylic acids is 1. The third-order valence-electron chi connectivity index (χ3n) is 2.91. The molecule has 0 aliphatic rings. The molecule has 1 amide bonds. The molecule has 88 valence electrons. The number of benzene rings is 1. The lowest BCUT2D eigenvalue weighted by Gasteiger charge is -2.17. The molecule has 0 spiro atoms. The number of thiophene rings is 1. The van der Waals surface area contributed by atoms with E-state index in [1.807, 2.05) is 42.8 Å². The molecule has 0 aliphatic carbocycles. The normalized spacial score (nSPS) is 10.3. The van der Waals surface area contributed by atoms with Gasteiger partial charge in [0.15, 0.2) is 0 Å². The highest BCUT2D eigenvalue weighted by molar-refractivity contribution is 7.12. The van der Waals surface area contributed by atoms with Crippen LogP contribution in [-0.2, 0) is 0 Å². The number of carbonyl (C=O) groups is 1. The second kappa shape index (κ2) is 4.72. The molecule has 2 nitrogen and oxygen atoms in total. The van der Waals surface area contributed by atoms with Crippen molar-refractivity contribution in [1.29, 1.82) is 0 Å². The first-order valence-electron chi connectivity index (χ1n) is 5.48. The zero-order chi connectivity index (χ0) is 12.4. The van der Waals surface area contributed by atoms with Crippen molar-refractivity contribution in [3.63, 3.8) is 0 Å². The second-order valence-electron chi connectivity index (χ2n) is 4.11. The lowest BCUT2D eigenvalue weighted by Crippen LogP contribution is -2.25. The van der Waals surface area contributed by atoms with Gasteiger partial charge < -0.3 is 4.90 Å². The fraction of sp³-hybridized carbons (Fsp3) is 0.214. The van der Waals surface area contributed by atoms with Gasteiger partial charge in [-0.3, -0.25) is 4.79 Å². The first kappa shape index (κ1) is 11.9. The molecule has 0 N–H and O–H groups in total. The highest BCUT2D eigenvalue weighted by Crippen LogP contribution is 2.20. The Kier molecular flexibility index (Phi) is 3.29. The highest BCUT2D eigenvalue weighted by atomic mass is 32.1. The van der Waals surface area contributed by atoms with Gasteiger partial charge in [-0.2, -0.15) is 0 Å². The number of amides is 1. The number of hydrogen-bond acceptors (Lipinski definition) is 2. The van der Waals surface area contributed by atoms with E-state index < -0.39 is 0 Å². The zero-order valence-corrected chi connectivity index (χ0v) is 11.0. The first-order chi connectivity index (χ1) is 8.09. The Labute approximate surface area is 106 Å². The molecule has 0 atom stereocenters. The molecule has 0 aliphatic heterocycles. The van der Waals surface area contributed by atoms with Crippen LogP contribution in [0, 0.1) is 13.8 Å². The molecule has 0 bridgehead atoms. The van der Waals surface area contributed by atoms with Crippen molar-refractivity contribution in [3.05, 3.63) is 51.7 Å². The molecule has 0 radical (unpaired) electrons. The third-order valence-corrected chi connectivity index (χ3v) is 3.77. The number of hydrogen-bond donors (Lipinski definition) is 0. The fourth-order valence-corrected chi connectivity index (χ4v) is 2.32. The Morgan fingerprint density at radius 2 is 1.94 bits per heavy atom. The molecule has 0 saturated heterocycles. The summed E-state index contributed by atoms with van der Waals surface area (Å²) in [7, 11) is 1.81. The molecule has 0 saturated carbocycles. The van der Waals surface area contributed by atoms with Crippen LogP contribution in [0.1, 0.15) is 20.8 Å². The minimum absolute atomic E-state index is 0.0447. The summed E-state index contributed by atoms with van der Waals surface area (Å²) in [5, 5.41) is 1.92. The van der Waals surface area contributed by atoms with E-state index in [-0.39, 0.29) is 5.91 Å². The van der Waals surface area contributed by atoms with Gasteiger partial charge in [0.1, 0.15) is 0 Å². The minimum atomic E-state index is 0.0447. The van der Waals surface area contributed by atoms with Crippen LogP contribution in [0.4, 0.5) is 5.69 Å². The summed E-state index contributed by atoms with van der Waals surface area (Å²) in [4.78, 5) is 14.6. The van der Waals surface area contributed by atoms with E-state index in [0.717, 1.165) is 10.6 Å². The summed E-state index contributed by atoms with van der Waals surface area (Å²) in [5.74, 6) is 0.0447. The Balaban J connectivity index is 2.28. The van der Waals surface area contributed by atoms with Gasteiger partial charge in [0, 0.05) is 12.7 Å². The van der Waals surface area contributed by atoms with E-state index >= 15 is 0 Å². The number of anilines is 1. The van der Waals surface area contributed by atoms with Crippen LogP contribution in [0.5, 0.6) is 0 Å². The first-order valence-corrected chi connectivity index (χ1v) is 6.36. The molecule has 1 aromatic carbocycles. The molecule has 1 heterocycles. The maximum atomic E-state index is 12.1. The minimum Gasteiger partial charge on any atom is -0.311 e. The van der Waals surface area contributed by atoms with Crippen molar-refractivity contribution in [2.24, 2.45) is 0 Å². The standard InChI is InChI=1S/C14H15NOS/c1-10-6-7-12(9-11(10)2)15(3)14(16)13-5-4-8-17-13/h4-9H,1-3H3. The molecular formula is C14H15NOS. The number of nitrogens with zero attached hydrogens (tertiary/aromatic N) is 1. The van der Waals surface area contributed by atoms with Crippen LogP contribution in [0.2, 0.25) is 0 Å². The van der Waals surface area contributed by atoms with Crippen molar-refractivity contribution in [1.82, 2.24) is 0 Å². The topological polar surface area (TPSA) is 20.3 Å². The van der Waals surface area contributed by atoms with E-state index in [1.165, 1.54) is 22.5 Å². The van der Waals surface area contributed by atoms with Crippen LogP contribution in [0.15, 0.2) is 35.7 Å². The molecular weight excluding hydrogens is 230 g/mol. The SMILES string of the molecule is Cc1ccc(N(C)C(=O)c2cccs2)cc1C. The largest absolute Gasteiger partial charge is 0.311 e. The van der Waals surface area contributed by atoms with Crippen molar-refractivity contribution in [3.8, 4) is 0 Å². The van der Waals surface area contributed by atoms with Crippen LogP contribution in [-0.4, -0.2) is 13.0 Å². The van der Waals surface area contributed by atoms with Gasteiger partial charge >= 0.3 is 0 Å².